The van der Waals surface area contributed by atoms with E-state index in [4.69, 9.17) is 5.53 Å². The van der Waals surface area contributed by atoms with E-state index in [1.54, 1.807) is 0 Å². The van der Waals surface area contributed by atoms with E-state index in [0.29, 0.717) is 0 Å². The van der Waals surface area contributed by atoms with Crippen LogP contribution in [0.15, 0.2) is 34.3 Å². The van der Waals surface area contributed by atoms with Gasteiger partial charge in [0.25, 0.3) is 0 Å². The van der Waals surface area contributed by atoms with Gasteiger partial charge < -0.3 is 10.2 Å². The van der Waals surface area contributed by atoms with Gasteiger partial charge in [-0.15, -0.1) is 0 Å². The van der Waals surface area contributed by atoms with Crippen molar-refractivity contribution in [3.8, 4) is 0 Å². The van der Waals surface area contributed by atoms with E-state index in [2.05, 4.69) is 10.0 Å². The zero-order valence-corrected chi connectivity index (χ0v) is 10.4. The van der Waals surface area contributed by atoms with Crippen molar-refractivity contribution in [1.82, 2.24) is 0 Å². The van der Waals surface area contributed by atoms with Gasteiger partial charge in [-0.25, -0.2) is 8.42 Å². The van der Waals surface area contributed by atoms with E-state index in [1.165, 1.54) is 24.3 Å². The molecule has 2 unspecified atom stereocenters. The summed E-state index contributed by atoms with van der Waals surface area (Å²) < 4.78 is 22.7. The van der Waals surface area contributed by atoms with Crippen LogP contribution in [0.25, 0.3) is 10.4 Å². The molecule has 1 aromatic carbocycles. The average molecular weight is 271 g/mol. The third kappa shape index (κ3) is 3.71. The molecule has 0 aliphatic carbocycles. The van der Waals surface area contributed by atoms with Crippen molar-refractivity contribution in [1.29, 1.82) is 0 Å². The van der Waals surface area contributed by atoms with Gasteiger partial charge in [-0.1, -0.05) is 17.2 Å². The molecule has 0 saturated carbocycles. The normalized spacial score (nSPS) is 14.6. The smallest absolute Gasteiger partial charge is 0.175 e. The number of sulfone groups is 1. The minimum Gasteiger partial charge on any atom is -0.390 e. The van der Waals surface area contributed by atoms with E-state index >= 15 is 0 Å². The lowest BCUT2D eigenvalue weighted by Crippen LogP contribution is -2.21. The Labute approximate surface area is 104 Å². The van der Waals surface area contributed by atoms with Gasteiger partial charge in [-0.05, 0) is 23.2 Å². The summed E-state index contributed by atoms with van der Waals surface area (Å²) in [7, 11) is -3.38. The Hall–Kier alpha value is -1.60. The fourth-order valence-corrected chi connectivity index (χ4v) is 2.05. The zero-order valence-electron chi connectivity index (χ0n) is 9.63. The number of aliphatic hydroxyl groups is 2. The highest BCUT2D eigenvalue weighted by atomic mass is 32.2. The van der Waals surface area contributed by atoms with Gasteiger partial charge in [0.05, 0.1) is 17.5 Å². The number of aliphatic hydroxyl groups excluding tert-OH is 2. The van der Waals surface area contributed by atoms with Crippen LogP contribution in [-0.2, 0) is 9.84 Å². The van der Waals surface area contributed by atoms with Crippen LogP contribution in [-0.4, -0.2) is 37.5 Å². The number of azide groups is 1. The summed E-state index contributed by atoms with van der Waals surface area (Å²) in [5.41, 5.74) is 8.35. The maximum Gasteiger partial charge on any atom is 0.175 e. The van der Waals surface area contributed by atoms with Gasteiger partial charge in [-0.2, -0.15) is 0 Å². The van der Waals surface area contributed by atoms with Gasteiger partial charge in [0.2, 0.25) is 0 Å². The van der Waals surface area contributed by atoms with E-state index in [0.717, 1.165) is 6.26 Å². The lowest BCUT2D eigenvalue weighted by molar-refractivity contribution is 0.0243. The van der Waals surface area contributed by atoms with Crippen LogP contribution in [0.4, 0.5) is 0 Å². The molecule has 7 nitrogen and oxygen atoms in total. The van der Waals surface area contributed by atoms with Crippen LogP contribution >= 0.6 is 0 Å². The van der Waals surface area contributed by atoms with Crippen molar-refractivity contribution in [3.05, 3.63) is 40.3 Å². The Morgan fingerprint density at radius 1 is 1.44 bits per heavy atom. The van der Waals surface area contributed by atoms with Crippen LogP contribution in [0, 0.1) is 0 Å². The molecule has 1 rings (SSSR count). The second-order valence-electron chi connectivity index (χ2n) is 3.77. The third-order valence-electron chi connectivity index (χ3n) is 2.32. The Bertz CT molecular complexity index is 566. The zero-order chi connectivity index (χ0) is 13.8. The fourth-order valence-electron chi connectivity index (χ4n) is 1.37. The second-order valence-corrected chi connectivity index (χ2v) is 5.79. The predicted molar refractivity (Wildman–Crippen MR) is 64.5 cm³/mol. The molecule has 0 spiro atoms. The van der Waals surface area contributed by atoms with Gasteiger partial charge >= 0.3 is 0 Å². The topological polar surface area (TPSA) is 123 Å². The SMILES string of the molecule is CS(=O)(=O)c1cccc(C(O)C(O)CN=[N+]=[N-])c1. The van der Waals surface area contributed by atoms with Gasteiger partial charge in [-0.3, -0.25) is 0 Å². The first-order valence-electron chi connectivity index (χ1n) is 5.03. The first kappa shape index (κ1) is 14.5. The number of rotatable bonds is 5. The standard InChI is InChI=1S/C10H13N3O4S/c1-18(16,17)8-4-2-3-7(5-8)10(15)9(14)6-12-13-11/h2-5,9-10,14-15H,6H2,1H3. The molecule has 0 saturated heterocycles. The Kier molecular flexibility index (Phi) is 4.69. The summed E-state index contributed by atoms with van der Waals surface area (Å²) in [6, 6.07) is 5.62. The molecule has 1 aromatic rings. The fraction of sp³-hybridized carbons (Fsp3) is 0.400. The van der Waals surface area contributed by atoms with Gasteiger partial charge in [0.1, 0.15) is 6.10 Å². The summed E-state index contributed by atoms with van der Waals surface area (Å²) in [5, 5.41) is 22.5. The molecule has 8 heteroatoms. The van der Waals surface area contributed by atoms with Crippen LogP contribution in [0.1, 0.15) is 11.7 Å². The van der Waals surface area contributed by atoms with E-state index in [-0.39, 0.29) is 17.0 Å². The maximum atomic E-state index is 11.3. The first-order chi connectivity index (χ1) is 8.36. The first-order valence-corrected chi connectivity index (χ1v) is 6.92. The van der Waals surface area contributed by atoms with Crippen molar-refractivity contribution in [2.24, 2.45) is 5.11 Å². The predicted octanol–water partition coefficient (Wildman–Crippen LogP) is 0.795. The van der Waals surface area contributed by atoms with Gasteiger partial charge in [0, 0.05) is 11.2 Å². The largest absolute Gasteiger partial charge is 0.390 e. The van der Waals surface area contributed by atoms with Crippen molar-refractivity contribution in [3.63, 3.8) is 0 Å². The average Bonchev–Trinajstić information content (AvgIpc) is 2.34. The molecule has 2 atom stereocenters. The summed E-state index contributed by atoms with van der Waals surface area (Å²) >= 11 is 0. The number of hydrogen-bond acceptors (Lipinski definition) is 5. The van der Waals surface area contributed by atoms with E-state index in [9.17, 15) is 18.6 Å². The van der Waals surface area contributed by atoms with Crippen LogP contribution in [0.3, 0.4) is 0 Å². The lowest BCUT2D eigenvalue weighted by atomic mass is 10.0. The van der Waals surface area contributed by atoms with Gasteiger partial charge in [0.15, 0.2) is 9.84 Å². The summed E-state index contributed by atoms with van der Waals surface area (Å²) in [5.74, 6) is 0. The molecular formula is C10H13N3O4S. The summed E-state index contributed by atoms with van der Waals surface area (Å²) in [6.07, 6.45) is -1.54. The second kappa shape index (κ2) is 5.83. The molecule has 0 amide bonds. The third-order valence-corrected chi connectivity index (χ3v) is 3.43. The van der Waals surface area contributed by atoms with Crippen LogP contribution in [0.2, 0.25) is 0 Å². The molecule has 0 radical (unpaired) electrons. The quantitative estimate of drug-likeness (QED) is 0.466. The van der Waals surface area contributed by atoms with Crippen LogP contribution in [0.5, 0.6) is 0 Å². The molecule has 0 aromatic heterocycles. The Morgan fingerprint density at radius 2 is 2.11 bits per heavy atom. The highest BCUT2D eigenvalue weighted by molar-refractivity contribution is 7.90. The molecule has 0 fully saturated rings. The maximum absolute atomic E-state index is 11.3. The Morgan fingerprint density at radius 3 is 2.67 bits per heavy atom. The molecule has 0 heterocycles. The molecule has 2 N–H and O–H groups in total. The van der Waals surface area contributed by atoms with Crippen molar-refractivity contribution in [2.75, 3.05) is 12.8 Å². The summed E-state index contributed by atoms with van der Waals surface area (Å²) in [4.78, 5) is 2.52. The molecule has 0 aliphatic heterocycles. The molecular weight excluding hydrogens is 258 g/mol. The minimum atomic E-state index is -3.38. The molecule has 0 aliphatic rings. The minimum absolute atomic E-state index is 0.0510. The molecule has 0 bridgehead atoms. The lowest BCUT2D eigenvalue weighted by Gasteiger charge is -2.16. The molecule has 98 valence electrons. The summed E-state index contributed by atoms with van der Waals surface area (Å²) in [6.45, 7) is -0.291. The van der Waals surface area contributed by atoms with E-state index < -0.39 is 22.0 Å². The number of nitrogens with zero attached hydrogens (tertiary/aromatic N) is 3. The Balaban J connectivity index is 3.00. The number of hydrogen-bond donors (Lipinski definition) is 2. The van der Waals surface area contributed by atoms with Crippen LogP contribution < -0.4 is 0 Å². The number of benzene rings is 1. The highest BCUT2D eigenvalue weighted by Crippen LogP contribution is 2.20. The highest BCUT2D eigenvalue weighted by Gasteiger charge is 2.19. The van der Waals surface area contributed by atoms with E-state index in [1.807, 2.05) is 0 Å². The van der Waals surface area contributed by atoms with Crippen molar-refractivity contribution < 1.29 is 18.6 Å². The molecule has 18 heavy (non-hydrogen) atoms. The monoisotopic (exact) mass is 271 g/mol. The van der Waals surface area contributed by atoms with Crippen molar-refractivity contribution >= 4 is 9.84 Å². The van der Waals surface area contributed by atoms with Crippen molar-refractivity contribution in [2.45, 2.75) is 17.1 Å².